The highest BCUT2D eigenvalue weighted by Gasteiger charge is 2.28. The Hall–Kier alpha value is -3.15. The minimum absolute atomic E-state index is 0.0444. The Morgan fingerprint density at radius 1 is 0.969 bits per heavy atom. The lowest BCUT2D eigenvalue weighted by Gasteiger charge is -2.17. The highest BCUT2D eigenvalue weighted by atomic mass is 35.5. The summed E-state index contributed by atoms with van der Waals surface area (Å²) in [5.74, 6) is -0.518. The molecule has 0 bridgehead atoms. The lowest BCUT2D eigenvalue weighted by molar-refractivity contribution is -0.385. The first-order chi connectivity index (χ1) is 14.8. The van der Waals surface area contributed by atoms with Gasteiger partial charge in [-0.2, -0.15) is 0 Å². The Bertz CT molecular complexity index is 1440. The summed E-state index contributed by atoms with van der Waals surface area (Å²) in [6.07, 6.45) is 0. The Morgan fingerprint density at radius 3 is 2.19 bits per heavy atom. The fourth-order valence-electron chi connectivity index (χ4n) is 3.01. The number of nitro benzene ring substituents is 1. The van der Waals surface area contributed by atoms with E-state index in [2.05, 4.69) is 4.72 Å². The van der Waals surface area contributed by atoms with Crippen molar-refractivity contribution in [2.75, 3.05) is 4.72 Å². The van der Waals surface area contributed by atoms with E-state index in [9.17, 15) is 32.1 Å². The van der Waals surface area contributed by atoms with E-state index in [1.165, 1.54) is 56.3 Å². The number of anilines is 1. The smallest absolute Gasteiger partial charge is 0.270 e. The molecule has 168 valence electrons. The number of rotatable bonds is 6. The van der Waals surface area contributed by atoms with Gasteiger partial charge < -0.3 is 5.11 Å². The second-order valence-corrected chi connectivity index (χ2v) is 10.9. The molecule has 12 heteroatoms. The maximum atomic E-state index is 13.2. The van der Waals surface area contributed by atoms with Crippen LogP contribution in [0.2, 0.25) is 5.02 Å². The van der Waals surface area contributed by atoms with E-state index >= 15 is 0 Å². The third-order valence-electron chi connectivity index (χ3n) is 4.67. The predicted molar refractivity (Wildman–Crippen MR) is 118 cm³/mol. The number of sulfonamides is 1. The van der Waals surface area contributed by atoms with Crippen molar-refractivity contribution >= 4 is 42.8 Å². The van der Waals surface area contributed by atoms with Crippen molar-refractivity contribution in [1.29, 1.82) is 0 Å². The van der Waals surface area contributed by atoms with Crippen LogP contribution in [0.1, 0.15) is 11.1 Å². The molecule has 0 amide bonds. The molecule has 9 nitrogen and oxygen atoms in total. The zero-order chi connectivity index (χ0) is 23.8. The minimum Gasteiger partial charge on any atom is -0.506 e. The molecule has 2 N–H and O–H groups in total. The molecule has 0 saturated heterocycles. The molecule has 0 aliphatic heterocycles. The number of benzene rings is 3. The Morgan fingerprint density at radius 2 is 1.59 bits per heavy atom. The second kappa shape index (κ2) is 8.41. The number of phenolic OH excluding ortho intramolecular Hbond substituents is 1. The SMILES string of the molecule is Cc1cc(NS(=O)(=O)c2cccc([N+](=O)[O-])c2)c(C)c(S(=O)(=O)c2ccc(Cl)cc2)c1O. The van der Waals surface area contributed by atoms with E-state index in [-0.39, 0.29) is 26.6 Å². The molecule has 0 atom stereocenters. The molecule has 0 aromatic heterocycles. The van der Waals surface area contributed by atoms with E-state index < -0.39 is 41.1 Å². The van der Waals surface area contributed by atoms with E-state index in [1.54, 1.807) is 0 Å². The Kier molecular flexibility index (Phi) is 6.18. The van der Waals surface area contributed by atoms with Crippen LogP contribution in [0.4, 0.5) is 11.4 Å². The third kappa shape index (κ3) is 4.40. The van der Waals surface area contributed by atoms with Crippen molar-refractivity contribution in [2.45, 2.75) is 28.5 Å². The van der Waals surface area contributed by atoms with Gasteiger partial charge in [0.05, 0.1) is 20.4 Å². The van der Waals surface area contributed by atoms with Gasteiger partial charge in [0.15, 0.2) is 0 Å². The van der Waals surface area contributed by atoms with Crippen molar-refractivity contribution in [3.05, 3.63) is 80.9 Å². The molecule has 0 saturated carbocycles. The van der Waals surface area contributed by atoms with Crippen LogP contribution in [0.15, 0.2) is 69.3 Å². The van der Waals surface area contributed by atoms with Crippen LogP contribution >= 0.6 is 11.6 Å². The van der Waals surface area contributed by atoms with Crippen molar-refractivity contribution in [1.82, 2.24) is 0 Å². The average Bonchev–Trinajstić information content (AvgIpc) is 2.72. The highest BCUT2D eigenvalue weighted by Crippen LogP contribution is 2.39. The molecule has 0 heterocycles. The van der Waals surface area contributed by atoms with E-state index in [1.807, 2.05) is 0 Å². The Balaban J connectivity index is 2.14. The molecule has 0 fully saturated rings. The summed E-state index contributed by atoms with van der Waals surface area (Å²) in [6.45, 7) is 2.76. The molecule has 32 heavy (non-hydrogen) atoms. The molecule has 3 rings (SSSR count). The number of sulfone groups is 1. The first-order valence-electron chi connectivity index (χ1n) is 8.95. The highest BCUT2D eigenvalue weighted by molar-refractivity contribution is 7.93. The molecule has 0 aliphatic rings. The number of non-ortho nitro benzene ring substituents is 1. The zero-order valence-electron chi connectivity index (χ0n) is 16.7. The van der Waals surface area contributed by atoms with Crippen LogP contribution in [0.25, 0.3) is 0 Å². The van der Waals surface area contributed by atoms with Gasteiger partial charge in [-0.15, -0.1) is 0 Å². The second-order valence-electron chi connectivity index (χ2n) is 6.86. The normalized spacial score (nSPS) is 11.8. The molecule has 3 aromatic carbocycles. The van der Waals surface area contributed by atoms with Gasteiger partial charge >= 0.3 is 0 Å². The standard InChI is InChI=1S/C20H17ClN2O7S2/c1-12-10-18(22-32(29,30)17-5-3-4-15(11-17)23(25)26)13(2)20(19(12)24)31(27,28)16-8-6-14(21)7-9-16/h3-11,22,24H,1-2H3. The van der Waals surface area contributed by atoms with Crippen molar-refractivity contribution in [2.24, 2.45) is 0 Å². The van der Waals surface area contributed by atoms with Crippen LogP contribution in [0.3, 0.4) is 0 Å². The van der Waals surface area contributed by atoms with E-state index in [0.29, 0.717) is 5.02 Å². The molecule has 0 radical (unpaired) electrons. The van der Waals surface area contributed by atoms with Crippen molar-refractivity contribution < 1.29 is 26.9 Å². The van der Waals surface area contributed by atoms with Crippen LogP contribution in [-0.2, 0) is 19.9 Å². The number of aromatic hydroxyl groups is 1. The summed E-state index contributed by atoms with van der Waals surface area (Å²) < 4.78 is 54.3. The summed E-state index contributed by atoms with van der Waals surface area (Å²) in [5.41, 5.74) is -0.450. The maximum absolute atomic E-state index is 13.2. The van der Waals surface area contributed by atoms with Crippen molar-refractivity contribution in [3.63, 3.8) is 0 Å². The molecular weight excluding hydrogens is 480 g/mol. The first kappa shape index (κ1) is 23.5. The summed E-state index contributed by atoms with van der Waals surface area (Å²) in [7, 11) is -8.54. The topological polar surface area (TPSA) is 144 Å². The van der Waals surface area contributed by atoms with Gasteiger partial charge in [-0.1, -0.05) is 17.7 Å². The van der Waals surface area contributed by atoms with E-state index in [4.69, 9.17) is 11.6 Å². The lowest BCUT2D eigenvalue weighted by atomic mass is 10.1. The maximum Gasteiger partial charge on any atom is 0.270 e. The molecule has 3 aromatic rings. The van der Waals surface area contributed by atoms with Gasteiger partial charge in [0.1, 0.15) is 10.6 Å². The summed E-state index contributed by atoms with van der Waals surface area (Å²) in [6, 6.07) is 11.0. The summed E-state index contributed by atoms with van der Waals surface area (Å²) in [4.78, 5) is 9.26. The van der Waals surface area contributed by atoms with Crippen LogP contribution in [0, 0.1) is 24.0 Å². The van der Waals surface area contributed by atoms with Crippen LogP contribution in [0.5, 0.6) is 5.75 Å². The largest absolute Gasteiger partial charge is 0.506 e. The van der Waals surface area contributed by atoms with Gasteiger partial charge in [0.25, 0.3) is 15.7 Å². The zero-order valence-corrected chi connectivity index (χ0v) is 19.1. The third-order valence-corrected chi connectivity index (χ3v) is 8.21. The minimum atomic E-state index is -4.30. The van der Waals surface area contributed by atoms with Gasteiger partial charge in [-0.3, -0.25) is 14.8 Å². The van der Waals surface area contributed by atoms with Gasteiger partial charge in [-0.05, 0) is 61.4 Å². The summed E-state index contributed by atoms with van der Waals surface area (Å²) in [5, 5.41) is 21.8. The average molecular weight is 497 g/mol. The summed E-state index contributed by atoms with van der Waals surface area (Å²) >= 11 is 5.82. The number of nitro groups is 1. The van der Waals surface area contributed by atoms with Gasteiger partial charge in [0, 0.05) is 17.2 Å². The van der Waals surface area contributed by atoms with Crippen LogP contribution < -0.4 is 4.72 Å². The van der Waals surface area contributed by atoms with Crippen molar-refractivity contribution in [3.8, 4) is 5.75 Å². The number of phenols is 1. The fourth-order valence-corrected chi connectivity index (χ4v) is 5.94. The molecular formula is C20H17ClN2O7S2. The molecule has 0 aliphatic carbocycles. The van der Waals surface area contributed by atoms with Gasteiger partial charge in [-0.25, -0.2) is 16.8 Å². The molecule has 0 unspecified atom stereocenters. The van der Waals surface area contributed by atoms with Gasteiger partial charge in [0.2, 0.25) is 9.84 Å². The monoisotopic (exact) mass is 496 g/mol. The number of nitrogens with one attached hydrogen (secondary N) is 1. The fraction of sp³-hybridized carbons (Fsp3) is 0.100. The quantitative estimate of drug-likeness (QED) is 0.295. The van der Waals surface area contributed by atoms with Crippen LogP contribution in [-0.4, -0.2) is 26.9 Å². The predicted octanol–water partition coefficient (Wildman–Crippen LogP) is 4.20. The number of hydrogen-bond donors (Lipinski definition) is 2. The molecule has 0 spiro atoms. The number of aryl methyl sites for hydroxylation is 1. The first-order valence-corrected chi connectivity index (χ1v) is 12.3. The number of nitrogens with zero attached hydrogens (tertiary/aromatic N) is 1. The number of halogens is 1. The Labute approximate surface area is 189 Å². The van der Waals surface area contributed by atoms with E-state index in [0.717, 1.165) is 12.1 Å². The number of hydrogen-bond acceptors (Lipinski definition) is 7. The lowest BCUT2D eigenvalue weighted by Crippen LogP contribution is -2.16.